The third-order valence-electron chi connectivity index (χ3n) is 5.19. The van der Waals surface area contributed by atoms with E-state index in [9.17, 15) is 0 Å². The van der Waals surface area contributed by atoms with Crippen LogP contribution in [0.2, 0.25) is 0 Å². The number of fused-ring (bicyclic) bond motifs is 2. The second-order valence-corrected chi connectivity index (χ2v) is 9.31. The van der Waals surface area contributed by atoms with Gasteiger partial charge in [0.2, 0.25) is 0 Å². The molecule has 4 heterocycles. The summed E-state index contributed by atoms with van der Waals surface area (Å²) in [5, 5.41) is 5.72. The predicted octanol–water partition coefficient (Wildman–Crippen LogP) is 6.69. The molecule has 1 aliphatic rings. The van der Waals surface area contributed by atoms with Gasteiger partial charge in [0.25, 0.3) is 0 Å². The zero-order chi connectivity index (χ0) is 20.1. The number of thiazole rings is 1. The van der Waals surface area contributed by atoms with Crippen LogP contribution >= 0.6 is 27.3 Å². The van der Waals surface area contributed by atoms with Crippen LogP contribution in [0, 0.1) is 0 Å². The summed E-state index contributed by atoms with van der Waals surface area (Å²) in [6.45, 7) is 0. The van der Waals surface area contributed by atoms with E-state index in [2.05, 4.69) is 49.4 Å². The van der Waals surface area contributed by atoms with Crippen molar-refractivity contribution < 1.29 is 0 Å². The largest absolute Gasteiger partial charge is 0.340 e. The van der Waals surface area contributed by atoms with Crippen LogP contribution in [-0.4, -0.2) is 19.9 Å². The number of halogens is 1. The maximum Gasteiger partial charge on any atom is 0.141 e. The SMILES string of the molecule is Brc1ccnc2cc(-c3ccccn3)nc(Nc3ccc4nc(C5CC5)sc4c3)c12. The van der Waals surface area contributed by atoms with Crippen LogP contribution in [0.15, 0.2) is 65.4 Å². The molecule has 0 bridgehead atoms. The molecule has 146 valence electrons. The van der Waals surface area contributed by atoms with E-state index in [4.69, 9.17) is 9.97 Å². The lowest BCUT2D eigenvalue weighted by Crippen LogP contribution is -1.99. The van der Waals surface area contributed by atoms with Crippen molar-refractivity contribution in [2.24, 2.45) is 0 Å². The van der Waals surface area contributed by atoms with Crippen molar-refractivity contribution in [1.29, 1.82) is 0 Å². The van der Waals surface area contributed by atoms with Gasteiger partial charge in [0.15, 0.2) is 0 Å². The van der Waals surface area contributed by atoms with Crippen LogP contribution in [0.3, 0.4) is 0 Å². The van der Waals surface area contributed by atoms with Crippen LogP contribution in [0.25, 0.3) is 32.5 Å². The van der Waals surface area contributed by atoms with Crippen LogP contribution in [0.4, 0.5) is 11.5 Å². The van der Waals surface area contributed by atoms with E-state index >= 15 is 0 Å². The van der Waals surface area contributed by atoms with E-state index in [0.717, 1.165) is 43.8 Å². The van der Waals surface area contributed by atoms with E-state index in [1.165, 1.54) is 22.5 Å². The summed E-state index contributed by atoms with van der Waals surface area (Å²) in [5.74, 6) is 1.42. The Bertz CT molecular complexity index is 1400. The molecule has 0 unspecified atom stereocenters. The van der Waals surface area contributed by atoms with Crippen molar-refractivity contribution in [2.75, 3.05) is 5.32 Å². The van der Waals surface area contributed by atoms with E-state index in [-0.39, 0.29) is 0 Å². The van der Waals surface area contributed by atoms with Gasteiger partial charge in [-0.3, -0.25) is 9.97 Å². The van der Waals surface area contributed by atoms with Gasteiger partial charge in [0.1, 0.15) is 5.82 Å². The average Bonchev–Trinajstić information content (AvgIpc) is 3.53. The second kappa shape index (κ2) is 7.11. The molecule has 0 amide bonds. The fourth-order valence-corrected chi connectivity index (χ4v) is 5.22. The number of anilines is 2. The quantitative estimate of drug-likeness (QED) is 0.315. The Morgan fingerprint density at radius 1 is 0.900 bits per heavy atom. The van der Waals surface area contributed by atoms with Crippen LogP contribution in [0.5, 0.6) is 0 Å². The summed E-state index contributed by atoms with van der Waals surface area (Å²) < 4.78 is 2.15. The summed E-state index contributed by atoms with van der Waals surface area (Å²) in [6.07, 6.45) is 6.10. The van der Waals surface area contributed by atoms with Crippen molar-refractivity contribution >= 4 is 59.9 Å². The van der Waals surface area contributed by atoms with Gasteiger partial charge in [-0.1, -0.05) is 6.07 Å². The first-order chi connectivity index (χ1) is 14.7. The van der Waals surface area contributed by atoms with E-state index in [1.54, 1.807) is 23.7 Å². The minimum Gasteiger partial charge on any atom is -0.340 e. The lowest BCUT2D eigenvalue weighted by molar-refractivity contribution is 1.10. The first-order valence-corrected chi connectivity index (χ1v) is 11.4. The fraction of sp³-hybridized carbons (Fsp3) is 0.130. The van der Waals surface area contributed by atoms with Gasteiger partial charge in [0, 0.05) is 28.5 Å². The van der Waals surface area contributed by atoms with Gasteiger partial charge in [-0.15, -0.1) is 11.3 Å². The highest BCUT2D eigenvalue weighted by atomic mass is 79.9. The van der Waals surface area contributed by atoms with Gasteiger partial charge >= 0.3 is 0 Å². The first-order valence-electron chi connectivity index (χ1n) is 9.79. The maximum atomic E-state index is 4.89. The number of nitrogens with one attached hydrogen (secondary N) is 1. The zero-order valence-electron chi connectivity index (χ0n) is 15.8. The van der Waals surface area contributed by atoms with Crippen LogP contribution in [-0.2, 0) is 0 Å². The molecular weight excluding hydrogens is 458 g/mol. The van der Waals surface area contributed by atoms with E-state index in [1.807, 2.05) is 30.3 Å². The van der Waals surface area contributed by atoms with Gasteiger partial charge in [-0.2, -0.15) is 0 Å². The molecule has 1 aliphatic carbocycles. The van der Waals surface area contributed by atoms with Crippen molar-refractivity contribution in [3.8, 4) is 11.4 Å². The number of hydrogen-bond donors (Lipinski definition) is 1. The monoisotopic (exact) mass is 473 g/mol. The molecule has 1 fully saturated rings. The average molecular weight is 474 g/mol. The molecule has 0 spiro atoms. The number of aromatic nitrogens is 4. The summed E-state index contributed by atoms with van der Waals surface area (Å²) in [6, 6.07) is 16.0. The first kappa shape index (κ1) is 17.9. The molecule has 0 atom stereocenters. The predicted molar refractivity (Wildman–Crippen MR) is 125 cm³/mol. The molecule has 5 aromatic rings. The summed E-state index contributed by atoms with van der Waals surface area (Å²) in [4.78, 5) is 18.7. The lowest BCUT2D eigenvalue weighted by Gasteiger charge is -2.12. The number of pyridine rings is 3. The Morgan fingerprint density at radius 3 is 2.67 bits per heavy atom. The molecule has 6 rings (SSSR count). The molecule has 0 saturated heterocycles. The second-order valence-electron chi connectivity index (χ2n) is 7.39. The van der Waals surface area contributed by atoms with Crippen molar-refractivity contribution in [1.82, 2.24) is 19.9 Å². The van der Waals surface area contributed by atoms with Crippen molar-refractivity contribution in [2.45, 2.75) is 18.8 Å². The fourth-order valence-electron chi connectivity index (χ4n) is 3.53. The van der Waals surface area contributed by atoms with Crippen molar-refractivity contribution in [3.05, 3.63) is 70.4 Å². The zero-order valence-corrected chi connectivity index (χ0v) is 18.2. The Morgan fingerprint density at radius 2 is 1.83 bits per heavy atom. The van der Waals surface area contributed by atoms with Crippen LogP contribution in [0.1, 0.15) is 23.8 Å². The molecule has 0 aliphatic heterocycles. The minimum absolute atomic E-state index is 0.668. The Labute approximate surface area is 185 Å². The van der Waals surface area contributed by atoms with Gasteiger partial charge < -0.3 is 5.32 Å². The third-order valence-corrected chi connectivity index (χ3v) is 7.04. The lowest BCUT2D eigenvalue weighted by atomic mass is 10.1. The summed E-state index contributed by atoms with van der Waals surface area (Å²) in [7, 11) is 0. The highest BCUT2D eigenvalue weighted by Gasteiger charge is 2.27. The number of benzene rings is 1. The molecule has 4 aromatic heterocycles. The van der Waals surface area contributed by atoms with Crippen molar-refractivity contribution in [3.63, 3.8) is 0 Å². The molecule has 1 saturated carbocycles. The number of hydrogen-bond acceptors (Lipinski definition) is 6. The highest BCUT2D eigenvalue weighted by Crippen LogP contribution is 2.43. The van der Waals surface area contributed by atoms with E-state index in [0.29, 0.717) is 5.92 Å². The Balaban J connectivity index is 1.47. The molecule has 30 heavy (non-hydrogen) atoms. The number of rotatable bonds is 4. The molecule has 0 radical (unpaired) electrons. The topological polar surface area (TPSA) is 63.6 Å². The van der Waals surface area contributed by atoms with Gasteiger partial charge in [-0.25, -0.2) is 9.97 Å². The standard InChI is InChI=1S/C23H16BrN5S/c24-15-8-10-26-19-12-18(16-3-1-2-9-25-16)28-22(21(15)19)27-14-6-7-17-20(11-14)30-23(29-17)13-4-5-13/h1-3,6-13H,4-5H2,(H,27,28). The minimum atomic E-state index is 0.668. The molecular formula is C23H16BrN5S. The van der Waals surface area contributed by atoms with Crippen LogP contribution < -0.4 is 5.32 Å². The molecule has 5 nitrogen and oxygen atoms in total. The Hall–Kier alpha value is -2.90. The van der Waals surface area contributed by atoms with Gasteiger partial charge in [0.05, 0.1) is 37.5 Å². The normalized spacial score (nSPS) is 13.8. The van der Waals surface area contributed by atoms with Gasteiger partial charge in [-0.05, 0) is 71.2 Å². The highest BCUT2D eigenvalue weighted by molar-refractivity contribution is 9.10. The molecule has 7 heteroatoms. The summed E-state index contributed by atoms with van der Waals surface area (Å²) >= 11 is 5.46. The number of nitrogens with zero attached hydrogens (tertiary/aromatic N) is 4. The summed E-state index contributed by atoms with van der Waals surface area (Å²) in [5.41, 5.74) is 4.51. The molecule has 1 aromatic carbocycles. The van der Waals surface area contributed by atoms with E-state index < -0.39 is 0 Å². The Kier molecular flexibility index (Phi) is 4.24. The maximum absolute atomic E-state index is 4.89. The molecule has 1 N–H and O–H groups in total. The third kappa shape index (κ3) is 3.24. The smallest absolute Gasteiger partial charge is 0.141 e.